The number of benzene rings is 1. The predicted molar refractivity (Wildman–Crippen MR) is 111 cm³/mol. The third-order valence-electron chi connectivity index (χ3n) is 6.39. The number of likely N-dealkylation sites (tertiary alicyclic amines) is 1. The van der Waals surface area contributed by atoms with E-state index in [2.05, 4.69) is 10.6 Å². The highest BCUT2D eigenvalue weighted by Crippen LogP contribution is 2.30. The highest BCUT2D eigenvalue weighted by Gasteiger charge is 2.52. The second-order valence-electron chi connectivity index (χ2n) is 8.61. The Kier molecular flexibility index (Phi) is 5.70. The first-order valence-electron chi connectivity index (χ1n) is 10.6. The molecule has 3 aliphatic heterocycles. The van der Waals surface area contributed by atoms with E-state index in [4.69, 9.17) is 4.74 Å². The minimum atomic E-state index is -0.741. The molecular weight excluding hydrogens is 400 g/mol. The molecule has 4 atom stereocenters. The van der Waals surface area contributed by atoms with E-state index in [-0.39, 0.29) is 42.8 Å². The van der Waals surface area contributed by atoms with Crippen molar-refractivity contribution < 1.29 is 23.9 Å². The summed E-state index contributed by atoms with van der Waals surface area (Å²) in [7, 11) is 1.43. The predicted octanol–water partition coefficient (Wildman–Crippen LogP) is -0.252. The molecule has 31 heavy (non-hydrogen) atoms. The number of aryl methyl sites for hydroxylation is 2. The molecule has 2 N–H and O–H groups in total. The van der Waals surface area contributed by atoms with E-state index in [1.54, 1.807) is 4.90 Å². The second-order valence-corrected chi connectivity index (χ2v) is 8.61. The lowest BCUT2D eigenvalue weighted by Gasteiger charge is -2.29. The molecule has 0 bridgehead atoms. The third-order valence-corrected chi connectivity index (χ3v) is 6.39. The quantitative estimate of drug-likeness (QED) is 0.688. The van der Waals surface area contributed by atoms with Crippen molar-refractivity contribution in [3.05, 3.63) is 34.9 Å². The zero-order chi connectivity index (χ0) is 22.3. The van der Waals surface area contributed by atoms with Gasteiger partial charge in [0.15, 0.2) is 0 Å². The van der Waals surface area contributed by atoms with Gasteiger partial charge >= 0.3 is 0 Å². The molecule has 0 saturated carbocycles. The molecule has 4 amide bonds. The van der Waals surface area contributed by atoms with Gasteiger partial charge in [-0.3, -0.25) is 19.2 Å². The van der Waals surface area contributed by atoms with Gasteiger partial charge in [0.05, 0.1) is 6.04 Å². The molecule has 0 aromatic heterocycles. The summed E-state index contributed by atoms with van der Waals surface area (Å²) in [6, 6.07) is 3.56. The molecule has 9 heteroatoms. The number of hydrogen-bond donors (Lipinski definition) is 2. The van der Waals surface area contributed by atoms with Gasteiger partial charge in [-0.1, -0.05) is 17.7 Å². The summed E-state index contributed by atoms with van der Waals surface area (Å²) in [5.74, 6) is -0.958. The van der Waals surface area contributed by atoms with E-state index in [9.17, 15) is 19.2 Å². The summed E-state index contributed by atoms with van der Waals surface area (Å²) in [6.45, 7) is 4.36. The van der Waals surface area contributed by atoms with Crippen LogP contribution in [-0.2, 0) is 19.1 Å². The smallest absolute Gasteiger partial charge is 0.254 e. The van der Waals surface area contributed by atoms with E-state index in [1.165, 1.54) is 12.0 Å². The summed E-state index contributed by atoms with van der Waals surface area (Å²) in [4.78, 5) is 54.7. The summed E-state index contributed by atoms with van der Waals surface area (Å²) in [6.07, 6.45) is 0.880. The lowest BCUT2D eigenvalue weighted by Crippen LogP contribution is -2.52. The number of fused-ring (bicyclic) bond motifs is 2. The summed E-state index contributed by atoms with van der Waals surface area (Å²) >= 11 is 0. The molecular formula is C22H28N4O5. The van der Waals surface area contributed by atoms with Crippen molar-refractivity contribution in [2.24, 2.45) is 0 Å². The SMILES string of the molecule is COCC(=O)N[C@H]1C[C@@H]2C(=O)N[C@H]3CCN(C(=O)c4cc(C)ccc4C)[C@@H]3C(=O)N2C1. The minimum absolute atomic E-state index is 0.0792. The van der Waals surface area contributed by atoms with Crippen LogP contribution in [0.4, 0.5) is 0 Å². The zero-order valence-electron chi connectivity index (χ0n) is 18.0. The summed E-state index contributed by atoms with van der Waals surface area (Å²) < 4.78 is 4.84. The Morgan fingerprint density at radius 2 is 2.03 bits per heavy atom. The van der Waals surface area contributed by atoms with Crippen LogP contribution < -0.4 is 10.6 Å². The fourth-order valence-corrected chi connectivity index (χ4v) is 4.88. The Hall–Kier alpha value is -2.94. The van der Waals surface area contributed by atoms with Crippen molar-refractivity contribution in [3.63, 3.8) is 0 Å². The Morgan fingerprint density at radius 3 is 2.77 bits per heavy atom. The van der Waals surface area contributed by atoms with Gasteiger partial charge in [0.1, 0.15) is 18.7 Å². The number of carbonyl (C=O) groups excluding carboxylic acids is 4. The zero-order valence-corrected chi connectivity index (χ0v) is 18.0. The van der Waals surface area contributed by atoms with Crippen LogP contribution in [0.25, 0.3) is 0 Å². The molecule has 4 rings (SSSR count). The number of methoxy groups -OCH3 is 1. The second kappa shape index (κ2) is 8.30. The van der Waals surface area contributed by atoms with Crippen LogP contribution in [0.1, 0.15) is 34.3 Å². The fourth-order valence-electron chi connectivity index (χ4n) is 4.88. The van der Waals surface area contributed by atoms with Crippen LogP contribution in [0.3, 0.4) is 0 Å². The first-order valence-corrected chi connectivity index (χ1v) is 10.6. The molecule has 3 heterocycles. The Labute approximate surface area is 181 Å². The average Bonchev–Trinajstić information content (AvgIpc) is 3.31. The van der Waals surface area contributed by atoms with Gasteiger partial charge in [-0.25, -0.2) is 0 Å². The monoisotopic (exact) mass is 428 g/mol. The lowest BCUT2D eigenvalue weighted by molar-refractivity contribution is -0.138. The van der Waals surface area contributed by atoms with Crippen LogP contribution in [0, 0.1) is 13.8 Å². The van der Waals surface area contributed by atoms with Crippen molar-refractivity contribution in [1.82, 2.24) is 20.4 Å². The van der Waals surface area contributed by atoms with Gasteiger partial charge in [-0.2, -0.15) is 0 Å². The van der Waals surface area contributed by atoms with Gasteiger partial charge in [0, 0.05) is 31.8 Å². The van der Waals surface area contributed by atoms with E-state index < -0.39 is 18.1 Å². The van der Waals surface area contributed by atoms with Crippen molar-refractivity contribution in [2.75, 3.05) is 26.8 Å². The first-order chi connectivity index (χ1) is 14.8. The van der Waals surface area contributed by atoms with Crippen LogP contribution in [0.15, 0.2) is 18.2 Å². The number of rotatable bonds is 4. The third kappa shape index (κ3) is 3.89. The van der Waals surface area contributed by atoms with Crippen molar-refractivity contribution >= 4 is 23.6 Å². The summed E-state index contributed by atoms with van der Waals surface area (Å²) in [5, 5.41) is 5.78. The van der Waals surface area contributed by atoms with Gasteiger partial charge in [0.25, 0.3) is 5.91 Å². The Morgan fingerprint density at radius 1 is 1.26 bits per heavy atom. The molecule has 3 fully saturated rings. The molecule has 1 aromatic rings. The normalized spacial score (nSPS) is 27.5. The molecule has 1 aromatic carbocycles. The molecule has 166 valence electrons. The van der Waals surface area contributed by atoms with Crippen molar-refractivity contribution in [3.8, 4) is 0 Å². The van der Waals surface area contributed by atoms with Gasteiger partial charge < -0.3 is 25.2 Å². The molecule has 3 aliphatic rings. The lowest BCUT2D eigenvalue weighted by atomic mass is 10.0. The van der Waals surface area contributed by atoms with Crippen LogP contribution in [-0.4, -0.2) is 84.4 Å². The van der Waals surface area contributed by atoms with E-state index >= 15 is 0 Å². The average molecular weight is 428 g/mol. The Bertz CT molecular complexity index is 932. The number of nitrogens with zero attached hydrogens (tertiary/aromatic N) is 2. The van der Waals surface area contributed by atoms with Gasteiger partial charge in [0.2, 0.25) is 17.7 Å². The Balaban J connectivity index is 1.57. The number of ether oxygens (including phenoxy) is 1. The van der Waals surface area contributed by atoms with E-state index in [0.29, 0.717) is 24.9 Å². The molecule has 0 unspecified atom stereocenters. The number of hydrogen-bond acceptors (Lipinski definition) is 5. The van der Waals surface area contributed by atoms with Crippen molar-refractivity contribution in [1.29, 1.82) is 0 Å². The minimum Gasteiger partial charge on any atom is -0.375 e. The molecule has 3 saturated heterocycles. The maximum Gasteiger partial charge on any atom is 0.254 e. The topological polar surface area (TPSA) is 108 Å². The highest BCUT2D eigenvalue weighted by molar-refractivity contribution is 6.01. The van der Waals surface area contributed by atoms with Crippen LogP contribution in [0.5, 0.6) is 0 Å². The molecule has 0 aliphatic carbocycles. The first kappa shape index (κ1) is 21.3. The van der Waals surface area contributed by atoms with E-state index in [1.807, 2.05) is 32.0 Å². The van der Waals surface area contributed by atoms with Crippen LogP contribution in [0.2, 0.25) is 0 Å². The van der Waals surface area contributed by atoms with Gasteiger partial charge in [-0.15, -0.1) is 0 Å². The molecule has 0 radical (unpaired) electrons. The standard InChI is InChI=1S/C22H28N4O5/c1-12-4-5-13(2)15(8-12)21(29)25-7-6-16-19(25)22(30)26-10-14(23-18(27)11-31-3)9-17(26)20(28)24-16/h4-5,8,14,16-17,19H,6-7,9-11H2,1-3H3,(H,23,27)(H,24,28)/t14-,16-,17+,19-/m0/s1. The number of carbonyl (C=O) groups is 4. The highest BCUT2D eigenvalue weighted by atomic mass is 16.5. The largest absolute Gasteiger partial charge is 0.375 e. The maximum absolute atomic E-state index is 13.5. The van der Waals surface area contributed by atoms with E-state index in [0.717, 1.165) is 11.1 Å². The number of nitrogens with one attached hydrogen (secondary N) is 2. The molecule has 9 nitrogen and oxygen atoms in total. The maximum atomic E-state index is 13.5. The van der Waals surface area contributed by atoms with Gasteiger partial charge in [-0.05, 0) is 38.3 Å². The van der Waals surface area contributed by atoms with Crippen molar-refractivity contribution in [2.45, 2.75) is 50.9 Å². The number of amides is 4. The molecule has 0 spiro atoms. The summed E-state index contributed by atoms with van der Waals surface area (Å²) in [5.41, 5.74) is 2.40. The van der Waals surface area contributed by atoms with Crippen LogP contribution >= 0.6 is 0 Å². The fraction of sp³-hybridized carbons (Fsp3) is 0.545.